The van der Waals surface area contributed by atoms with E-state index in [1.54, 1.807) is 19.9 Å². The maximum absolute atomic E-state index is 12.5. The first-order valence-corrected chi connectivity index (χ1v) is 9.37. The molecular weight excluding hydrogens is 330 g/mol. The normalized spacial score (nSPS) is 15.2. The van der Waals surface area contributed by atoms with Gasteiger partial charge in [-0.1, -0.05) is 5.16 Å². The van der Waals surface area contributed by atoms with Gasteiger partial charge in [0, 0.05) is 18.8 Å². The zero-order chi connectivity index (χ0) is 17.3. The molecule has 0 aromatic carbocycles. The summed E-state index contributed by atoms with van der Waals surface area (Å²) in [5, 5.41) is 3.69. The van der Waals surface area contributed by atoms with Crippen molar-refractivity contribution >= 4 is 16.0 Å². The lowest BCUT2D eigenvalue weighted by molar-refractivity contribution is 0.390. The van der Waals surface area contributed by atoms with E-state index < -0.39 is 10.0 Å². The van der Waals surface area contributed by atoms with Crippen molar-refractivity contribution in [3.63, 3.8) is 0 Å². The fourth-order valence-electron chi connectivity index (χ4n) is 2.87. The Kier molecular flexibility index (Phi) is 4.55. The maximum atomic E-state index is 12.5. The summed E-state index contributed by atoms with van der Waals surface area (Å²) >= 11 is 0. The zero-order valence-corrected chi connectivity index (χ0v) is 14.9. The molecule has 0 saturated carbocycles. The minimum absolute atomic E-state index is 0.0908. The van der Waals surface area contributed by atoms with Crippen LogP contribution >= 0.6 is 0 Å². The zero-order valence-electron chi connectivity index (χ0n) is 14.0. The molecule has 1 N–H and O–H groups in total. The molecule has 8 nitrogen and oxygen atoms in total. The highest BCUT2D eigenvalue weighted by atomic mass is 32.2. The van der Waals surface area contributed by atoms with Crippen LogP contribution in [0.15, 0.2) is 15.5 Å². The minimum atomic E-state index is -3.70. The average molecular weight is 351 g/mol. The van der Waals surface area contributed by atoms with Crippen molar-refractivity contribution in [1.29, 1.82) is 0 Å². The van der Waals surface area contributed by atoms with Crippen molar-refractivity contribution in [1.82, 2.24) is 19.8 Å². The Balaban J connectivity index is 1.79. The maximum Gasteiger partial charge on any atom is 0.246 e. The molecule has 3 heterocycles. The lowest BCUT2D eigenvalue weighted by Gasteiger charge is -2.16. The van der Waals surface area contributed by atoms with E-state index in [2.05, 4.69) is 24.7 Å². The summed E-state index contributed by atoms with van der Waals surface area (Å²) in [6.07, 6.45) is 2.26. The number of sulfonamides is 1. The topological polar surface area (TPSA) is 101 Å². The van der Waals surface area contributed by atoms with Crippen LogP contribution in [0.1, 0.15) is 35.7 Å². The van der Waals surface area contributed by atoms with E-state index in [0.29, 0.717) is 17.3 Å². The van der Waals surface area contributed by atoms with E-state index in [0.717, 1.165) is 31.6 Å². The molecule has 24 heavy (non-hydrogen) atoms. The standard InChI is InChI=1S/C15H21N5O3S/c1-10-8-13(18-15(17-10)20-6-4-5-7-20)9-16-24(21,22)14-11(2)19-23-12(14)3/h8,16H,4-7,9H2,1-3H3. The van der Waals surface area contributed by atoms with Gasteiger partial charge in [-0.25, -0.2) is 23.1 Å². The summed E-state index contributed by atoms with van der Waals surface area (Å²) in [5.41, 5.74) is 1.80. The van der Waals surface area contributed by atoms with Crippen molar-refractivity contribution in [3.8, 4) is 0 Å². The van der Waals surface area contributed by atoms with Gasteiger partial charge in [-0.15, -0.1) is 0 Å². The van der Waals surface area contributed by atoms with Crippen LogP contribution in [0, 0.1) is 20.8 Å². The first kappa shape index (κ1) is 16.8. The SMILES string of the molecule is Cc1cc(CNS(=O)(=O)c2c(C)noc2C)nc(N2CCCC2)n1. The summed E-state index contributed by atoms with van der Waals surface area (Å²) in [5.74, 6) is 0.940. The van der Waals surface area contributed by atoms with Crippen molar-refractivity contribution in [2.24, 2.45) is 0 Å². The Bertz CT molecular complexity index is 821. The Labute approximate surface area is 141 Å². The molecule has 1 aliphatic rings. The summed E-state index contributed by atoms with van der Waals surface area (Å²) in [6.45, 7) is 7.03. The van der Waals surface area contributed by atoms with Gasteiger partial charge >= 0.3 is 0 Å². The van der Waals surface area contributed by atoms with Crippen molar-refractivity contribution in [3.05, 3.63) is 28.9 Å². The van der Waals surface area contributed by atoms with Gasteiger partial charge in [0.15, 0.2) is 5.76 Å². The van der Waals surface area contributed by atoms with Gasteiger partial charge in [0.25, 0.3) is 0 Å². The molecule has 1 fully saturated rings. The summed E-state index contributed by atoms with van der Waals surface area (Å²) in [4.78, 5) is 11.2. The lowest BCUT2D eigenvalue weighted by atomic mass is 10.3. The fraction of sp³-hybridized carbons (Fsp3) is 0.533. The molecule has 0 unspecified atom stereocenters. The van der Waals surface area contributed by atoms with Gasteiger partial charge in [-0.3, -0.25) is 0 Å². The summed E-state index contributed by atoms with van der Waals surface area (Å²) in [6, 6.07) is 1.79. The molecule has 0 amide bonds. The second-order valence-corrected chi connectivity index (χ2v) is 7.68. The van der Waals surface area contributed by atoms with Gasteiger partial charge in [-0.2, -0.15) is 0 Å². The molecule has 0 atom stereocenters. The van der Waals surface area contributed by atoms with E-state index in [9.17, 15) is 8.42 Å². The average Bonchev–Trinajstić information content (AvgIpc) is 3.15. The van der Waals surface area contributed by atoms with E-state index >= 15 is 0 Å². The van der Waals surface area contributed by atoms with Crippen LogP contribution in [-0.4, -0.2) is 36.6 Å². The predicted molar refractivity (Wildman–Crippen MR) is 88.2 cm³/mol. The molecule has 9 heteroatoms. The van der Waals surface area contributed by atoms with Crippen molar-refractivity contribution in [2.45, 2.75) is 45.1 Å². The number of aryl methyl sites for hydroxylation is 3. The summed E-state index contributed by atoms with van der Waals surface area (Å²) in [7, 11) is -3.70. The predicted octanol–water partition coefficient (Wildman–Crippen LogP) is 1.47. The Hall–Kier alpha value is -2.00. The lowest BCUT2D eigenvalue weighted by Crippen LogP contribution is -2.26. The smallest absolute Gasteiger partial charge is 0.246 e. The highest BCUT2D eigenvalue weighted by Crippen LogP contribution is 2.20. The number of rotatable bonds is 5. The molecule has 0 bridgehead atoms. The number of aromatic nitrogens is 3. The monoisotopic (exact) mass is 351 g/mol. The minimum Gasteiger partial charge on any atom is -0.360 e. The first-order chi connectivity index (χ1) is 11.4. The second-order valence-electron chi connectivity index (χ2n) is 5.97. The van der Waals surface area contributed by atoms with Crippen LogP contribution < -0.4 is 9.62 Å². The van der Waals surface area contributed by atoms with Crippen molar-refractivity contribution < 1.29 is 12.9 Å². The van der Waals surface area contributed by atoms with Gasteiger partial charge in [0.2, 0.25) is 16.0 Å². The largest absolute Gasteiger partial charge is 0.360 e. The fourth-order valence-corrected chi connectivity index (χ4v) is 4.19. The van der Waals surface area contributed by atoms with Crippen LogP contribution in [0.25, 0.3) is 0 Å². The van der Waals surface area contributed by atoms with E-state index in [-0.39, 0.29) is 17.2 Å². The highest BCUT2D eigenvalue weighted by Gasteiger charge is 2.24. The number of hydrogen-bond acceptors (Lipinski definition) is 7. The first-order valence-electron chi connectivity index (χ1n) is 7.89. The molecular formula is C15H21N5O3S. The quantitative estimate of drug-likeness (QED) is 0.870. The van der Waals surface area contributed by atoms with Gasteiger partial charge in [0.1, 0.15) is 10.6 Å². The second kappa shape index (κ2) is 6.48. The molecule has 0 aliphatic carbocycles. The summed E-state index contributed by atoms with van der Waals surface area (Å²) < 4.78 is 32.4. The van der Waals surface area contributed by atoms with Crippen LogP contribution in [0.3, 0.4) is 0 Å². The van der Waals surface area contributed by atoms with E-state index in [4.69, 9.17) is 4.52 Å². The van der Waals surface area contributed by atoms with Crippen LogP contribution in [0.5, 0.6) is 0 Å². The molecule has 1 saturated heterocycles. The molecule has 2 aromatic rings. The third kappa shape index (κ3) is 3.41. The Morgan fingerprint density at radius 1 is 1.21 bits per heavy atom. The molecule has 1 aliphatic heterocycles. The molecule has 0 radical (unpaired) electrons. The Morgan fingerprint density at radius 2 is 1.92 bits per heavy atom. The molecule has 3 rings (SSSR count). The number of nitrogens with one attached hydrogen (secondary N) is 1. The molecule has 0 spiro atoms. The van der Waals surface area contributed by atoms with Gasteiger partial charge in [-0.05, 0) is 39.7 Å². The number of anilines is 1. The Morgan fingerprint density at radius 3 is 2.54 bits per heavy atom. The number of nitrogens with zero attached hydrogens (tertiary/aromatic N) is 4. The van der Waals surface area contributed by atoms with Gasteiger partial charge in [0.05, 0.1) is 12.2 Å². The number of hydrogen-bond donors (Lipinski definition) is 1. The van der Waals surface area contributed by atoms with E-state index in [1.807, 2.05) is 6.92 Å². The van der Waals surface area contributed by atoms with Crippen LogP contribution in [0.4, 0.5) is 5.95 Å². The van der Waals surface area contributed by atoms with Crippen molar-refractivity contribution in [2.75, 3.05) is 18.0 Å². The molecule has 130 valence electrons. The third-order valence-corrected chi connectivity index (χ3v) is 5.61. The highest BCUT2D eigenvalue weighted by molar-refractivity contribution is 7.89. The van der Waals surface area contributed by atoms with Crippen LogP contribution in [0.2, 0.25) is 0 Å². The van der Waals surface area contributed by atoms with E-state index in [1.165, 1.54) is 0 Å². The third-order valence-electron chi connectivity index (χ3n) is 3.96. The molecule has 2 aromatic heterocycles. The van der Waals surface area contributed by atoms with Crippen LogP contribution in [-0.2, 0) is 16.6 Å². The van der Waals surface area contributed by atoms with Gasteiger partial charge < -0.3 is 9.42 Å².